The van der Waals surface area contributed by atoms with Crippen LogP contribution in [0, 0.1) is 5.92 Å². The molecule has 0 aromatic carbocycles. The summed E-state index contributed by atoms with van der Waals surface area (Å²) in [5, 5.41) is 18.5. The highest BCUT2D eigenvalue weighted by Crippen LogP contribution is 2.35. The van der Waals surface area contributed by atoms with Crippen molar-refractivity contribution in [2.45, 2.75) is 38.5 Å². The summed E-state index contributed by atoms with van der Waals surface area (Å²) in [6.07, 6.45) is -4.41. The predicted molar refractivity (Wildman–Crippen MR) is 88.7 cm³/mol. The normalized spacial score (nSPS) is 20.5. The SMILES string of the molecule is CC[C@@H](C(=O)N1CCN(C2=C(C(F)(F)F)CCC=N2)CC1)[C@H](O)C(=O)NO. The van der Waals surface area contributed by atoms with Gasteiger partial charge in [0.15, 0.2) is 0 Å². The van der Waals surface area contributed by atoms with Gasteiger partial charge in [0.25, 0.3) is 5.91 Å². The Morgan fingerprint density at radius 1 is 1.30 bits per heavy atom. The number of rotatable bonds is 5. The number of aliphatic imine (C=N–C) groups is 1. The minimum absolute atomic E-state index is 0.104. The number of hydrogen-bond acceptors (Lipinski definition) is 6. The molecule has 8 nitrogen and oxygen atoms in total. The molecule has 1 saturated heterocycles. The van der Waals surface area contributed by atoms with Crippen molar-refractivity contribution in [3.63, 3.8) is 0 Å². The monoisotopic (exact) mass is 392 g/mol. The van der Waals surface area contributed by atoms with Crippen LogP contribution >= 0.6 is 0 Å². The number of hydrogen-bond donors (Lipinski definition) is 3. The van der Waals surface area contributed by atoms with Gasteiger partial charge in [-0.15, -0.1) is 0 Å². The molecule has 2 aliphatic rings. The van der Waals surface area contributed by atoms with Gasteiger partial charge in [-0.05, 0) is 19.3 Å². The number of nitrogens with zero attached hydrogens (tertiary/aromatic N) is 3. The van der Waals surface area contributed by atoms with Crippen molar-refractivity contribution in [1.82, 2.24) is 15.3 Å². The largest absolute Gasteiger partial charge is 0.416 e. The fourth-order valence-corrected chi connectivity index (χ4v) is 3.25. The number of carbonyl (C=O) groups is 2. The molecule has 1 fully saturated rings. The van der Waals surface area contributed by atoms with Crippen molar-refractivity contribution in [3.05, 3.63) is 11.4 Å². The molecular weight excluding hydrogens is 369 g/mol. The lowest BCUT2D eigenvalue weighted by molar-refractivity contribution is -0.151. The quantitative estimate of drug-likeness (QED) is 0.471. The fraction of sp³-hybridized carbons (Fsp3) is 0.688. The highest BCUT2D eigenvalue weighted by molar-refractivity contribution is 5.88. The Hall–Kier alpha value is -2.14. The Bertz CT molecular complexity index is 628. The maximum Gasteiger partial charge on any atom is 0.416 e. The molecule has 152 valence electrons. The van der Waals surface area contributed by atoms with Gasteiger partial charge in [-0.25, -0.2) is 10.5 Å². The van der Waals surface area contributed by atoms with E-state index in [2.05, 4.69) is 4.99 Å². The van der Waals surface area contributed by atoms with Gasteiger partial charge in [0.05, 0.1) is 11.5 Å². The van der Waals surface area contributed by atoms with Crippen molar-refractivity contribution in [1.29, 1.82) is 0 Å². The molecule has 0 aliphatic carbocycles. The molecule has 0 saturated carbocycles. The number of aliphatic hydroxyl groups excluding tert-OH is 1. The lowest BCUT2D eigenvalue weighted by Crippen LogP contribution is -2.53. The minimum atomic E-state index is -4.45. The third-order valence-corrected chi connectivity index (χ3v) is 4.76. The zero-order valence-corrected chi connectivity index (χ0v) is 14.9. The molecule has 0 bridgehead atoms. The van der Waals surface area contributed by atoms with Gasteiger partial charge in [0, 0.05) is 32.4 Å². The second-order valence-corrected chi connectivity index (χ2v) is 6.40. The first-order valence-electron chi connectivity index (χ1n) is 8.69. The Morgan fingerprint density at radius 3 is 2.44 bits per heavy atom. The Morgan fingerprint density at radius 2 is 1.93 bits per heavy atom. The number of aliphatic hydroxyl groups is 1. The van der Waals surface area contributed by atoms with Crippen molar-refractivity contribution >= 4 is 18.0 Å². The topological polar surface area (TPSA) is 105 Å². The molecule has 2 atom stereocenters. The zero-order valence-electron chi connectivity index (χ0n) is 14.9. The van der Waals surface area contributed by atoms with Crippen LogP contribution in [-0.4, -0.2) is 76.6 Å². The van der Waals surface area contributed by atoms with Crippen LogP contribution in [0.2, 0.25) is 0 Å². The number of piperazine rings is 1. The predicted octanol–water partition coefficient (Wildman–Crippen LogP) is 0.662. The first-order chi connectivity index (χ1) is 12.7. The summed E-state index contributed by atoms with van der Waals surface area (Å²) in [4.78, 5) is 30.8. The van der Waals surface area contributed by atoms with E-state index in [1.807, 2.05) is 0 Å². The van der Waals surface area contributed by atoms with Gasteiger partial charge in [0.2, 0.25) is 5.91 Å². The van der Waals surface area contributed by atoms with E-state index in [-0.39, 0.29) is 51.3 Å². The van der Waals surface area contributed by atoms with Crippen LogP contribution in [0.3, 0.4) is 0 Å². The van der Waals surface area contributed by atoms with Crippen molar-refractivity contribution in [2.24, 2.45) is 10.9 Å². The summed E-state index contributed by atoms with van der Waals surface area (Å²) in [6.45, 7) is 2.23. The summed E-state index contributed by atoms with van der Waals surface area (Å²) < 4.78 is 39.6. The molecule has 0 spiro atoms. The van der Waals surface area contributed by atoms with E-state index in [9.17, 15) is 27.9 Å². The summed E-state index contributed by atoms with van der Waals surface area (Å²) >= 11 is 0. The summed E-state index contributed by atoms with van der Waals surface area (Å²) in [5.74, 6) is -2.70. The maximum absolute atomic E-state index is 13.2. The highest BCUT2D eigenvalue weighted by atomic mass is 19.4. The first kappa shape index (κ1) is 21.2. The maximum atomic E-state index is 13.2. The number of hydroxylamine groups is 1. The lowest BCUT2D eigenvalue weighted by Gasteiger charge is -2.39. The van der Waals surface area contributed by atoms with Gasteiger partial charge < -0.3 is 14.9 Å². The smallest absolute Gasteiger partial charge is 0.382 e. The Labute approximate surface area is 154 Å². The van der Waals surface area contributed by atoms with Crippen LogP contribution in [0.25, 0.3) is 0 Å². The second-order valence-electron chi connectivity index (χ2n) is 6.40. The summed E-state index contributed by atoms with van der Waals surface area (Å²) in [7, 11) is 0. The third-order valence-electron chi connectivity index (χ3n) is 4.76. The van der Waals surface area contributed by atoms with Crippen LogP contribution < -0.4 is 5.48 Å². The fourth-order valence-electron chi connectivity index (χ4n) is 3.25. The van der Waals surface area contributed by atoms with Crippen LogP contribution in [0.1, 0.15) is 26.2 Å². The molecule has 2 rings (SSSR count). The number of alkyl halides is 3. The van der Waals surface area contributed by atoms with Crippen LogP contribution in [-0.2, 0) is 9.59 Å². The number of halogens is 3. The molecule has 2 heterocycles. The van der Waals surface area contributed by atoms with E-state index in [1.165, 1.54) is 21.5 Å². The van der Waals surface area contributed by atoms with Crippen LogP contribution in [0.15, 0.2) is 16.4 Å². The summed E-state index contributed by atoms with van der Waals surface area (Å²) in [5.41, 5.74) is 0.649. The third kappa shape index (κ3) is 4.78. The number of allylic oxidation sites excluding steroid dienone is 1. The van der Waals surface area contributed by atoms with E-state index in [1.54, 1.807) is 6.92 Å². The van der Waals surface area contributed by atoms with Gasteiger partial charge >= 0.3 is 6.18 Å². The van der Waals surface area contributed by atoms with E-state index in [0.29, 0.717) is 0 Å². The van der Waals surface area contributed by atoms with Crippen LogP contribution in [0.5, 0.6) is 0 Å². The molecule has 2 aliphatic heterocycles. The zero-order chi connectivity index (χ0) is 20.2. The van der Waals surface area contributed by atoms with Crippen LogP contribution in [0.4, 0.5) is 13.2 Å². The molecule has 0 unspecified atom stereocenters. The average molecular weight is 392 g/mol. The molecule has 0 aromatic heterocycles. The van der Waals surface area contributed by atoms with E-state index in [0.717, 1.165) is 0 Å². The summed E-state index contributed by atoms with van der Waals surface area (Å²) in [6, 6.07) is 0. The van der Waals surface area contributed by atoms with Gasteiger partial charge in [0.1, 0.15) is 11.9 Å². The van der Waals surface area contributed by atoms with Crippen molar-refractivity contribution < 1.29 is 33.1 Å². The lowest BCUT2D eigenvalue weighted by atomic mass is 9.96. The van der Waals surface area contributed by atoms with E-state index >= 15 is 0 Å². The second kappa shape index (κ2) is 8.70. The first-order valence-corrected chi connectivity index (χ1v) is 8.69. The van der Waals surface area contributed by atoms with E-state index < -0.39 is 35.6 Å². The number of carbonyl (C=O) groups excluding carboxylic acids is 2. The van der Waals surface area contributed by atoms with Crippen molar-refractivity contribution in [2.75, 3.05) is 26.2 Å². The minimum Gasteiger partial charge on any atom is -0.382 e. The molecule has 0 aromatic rings. The molecule has 3 N–H and O–H groups in total. The average Bonchev–Trinajstić information content (AvgIpc) is 2.67. The van der Waals surface area contributed by atoms with Crippen molar-refractivity contribution in [3.8, 4) is 0 Å². The molecule has 2 amide bonds. The Balaban J connectivity index is 2.06. The molecule has 0 radical (unpaired) electrons. The standard InChI is InChI=1S/C16H23F3N4O4/c1-2-10(12(24)14(25)21-27)15(26)23-8-6-22(7-9-23)13-11(16(17,18)19)4-3-5-20-13/h5,10,12,24,27H,2-4,6-9H2,1H3,(H,21,25)/t10-,12+/m1/s1. The van der Waals surface area contributed by atoms with Gasteiger partial charge in [-0.1, -0.05) is 6.92 Å². The number of amides is 2. The Kier molecular flexibility index (Phi) is 6.82. The molecule has 11 heteroatoms. The van der Waals surface area contributed by atoms with Gasteiger partial charge in [-0.2, -0.15) is 13.2 Å². The highest BCUT2D eigenvalue weighted by Gasteiger charge is 2.40. The molecule has 27 heavy (non-hydrogen) atoms. The number of nitrogens with one attached hydrogen (secondary N) is 1. The molecular formula is C16H23F3N4O4. The van der Waals surface area contributed by atoms with Gasteiger partial charge in [-0.3, -0.25) is 14.8 Å². The van der Waals surface area contributed by atoms with E-state index in [4.69, 9.17) is 5.21 Å².